The van der Waals surface area contributed by atoms with Crippen LogP contribution in [0.2, 0.25) is 5.02 Å². The largest absolute Gasteiger partial charge is 0.416 e. The molecule has 1 aliphatic heterocycles. The SMILES string of the molecule is O=C(Nc1cccc(C(F)(F)F)c1)c1cccc(NC2=C(Cl)C(=O)N(c3ccccc3Cl)C2=O)c1. The molecular weight excluding hydrogens is 506 g/mol. The van der Waals surface area contributed by atoms with E-state index >= 15 is 0 Å². The van der Waals surface area contributed by atoms with Crippen molar-refractivity contribution in [2.24, 2.45) is 0 Å². The molecule has 0 radical (unpaired) electrons. The third kappa shape index (κ3) is 5.01. The van der Waals surface area contributed by atoms with E-state index in [9.17, 15) is 27.6 Å². The number of amides is 3. The molecule has 1 aliphatic rings. The molecule has 0 aliphatic carbocycles. The first-order valence-electron chi connectivity index (χ1n) is 9.95. The number of carbonyl (C=O) groups is 3. The van der Waals surface area contributed by atoms with Gasteiger partial charge in [0.1, 0.15) is 10.7 Å². The number of anilines is 3. The van der Waals surface area contributed by atoms with E-state index < -0.39 is 29.5 Å². The van der Waals surface area contributed by atoms with Gasteiger partial charge in [0.15, 0.2) is 0 Å². The Morgan fingerprint density at radius 2 is 1.51 bits per heavy atom. The lowest BCUT2D eigenvalue weighted by atomic mass is 10.1. The van der Waals surface area contributed by atoms with Crippen LogP contribution in [0.25, 0.3) is 0 Å². The summed E-state index contributed by atoms with van der Waals surface area (Å²) in [4.78, 5) is 39.0. The van der Waals surface area contributed by atoms with Crippen LogP contribution in [0.1, 0.15) is 15.9 Å². The molecule has 0 aromatic heterocycles. The van der Waals surface area contributed by atoms with Crippen LogP contribution in [0, 0.1) is 0 Å². The third-order valence-corrected chi connectivity index (χ3v) is 5.63. The van der Waals surface area contributed by atoms with E-state index in [1.165, 1.54) is 48.5 Å². The van der Waals surface area contributed by atoms with Gasteiger partial charge >= 0.3 is 6.18 Å². The molecule has 0 spiro atoms. The third-order valence-electron chi connectivity index (χ3n) is 4.96. The lowest BCUT2D eigenvalue weighted by molar-refractivity contribution is -0.137. The zero-order chi connectivity index (χ0) is 25.3. The van der Waals surface area contributed by atoms with Gasteiger partial charge in [0, 0.05) is 16.9 Å². The minimum atomic E-state index is -4.55. The van der Waals surface area contributed by atoms with Crippen molar-refractivity contribution < 1.29 is 27.6 Å². The molecule has 2 N–H and O–H groups in total. The summed E-state index contributed by atoms with van der Waals surface area (Å²) in [5.74, 6) is -2.20. The molecule has 1 heterocycles. The summed E-state index contributed by atoms with van der Waals surface area (Å²) in [5, 5.41) is 4.95. The monoisotopic (exact) mass is 519 g/mol. The number of nitrogens with zero attached hydrogens (tertiary/aromatic N) is 1. The average Bonchev–Trinajstić information content (AvgIpc) is 3.02. The second-order valence-corrected chi connectivity index (χ2v) is 8.11. The topological polar surface area (TPSA) is 78.5 Å². The molecule has 0 saturated heterocycles. The smallest absolute Gasteiger partial charge is 0.350 e. The standard InChI is InChI=1S/C24H14Cl2F3N3O3/c25-17-9-1-2-10-18(17)32-22(34)19(26)20(23(32)35)30-15-7-3-5-13(11-15)21(33)31-16-8-4-6-14(12-16)24(27,28)29/h1-12,30H,(H,31,33). The van der Waals surface area contributed by atoms with Gasteiger partial charge in [-0.2, -0.15) is 13.2 Å². The maximum Gasteiger partial charge on any atom is 0.416 e. The Labute approximate surface area is 206 Å². The van der Waals surface area contributed by atoms with E-state index in [4.69, 9.17) is 23.2 Å². The van der Waals surface area contributed by atoms with Gasteiger partial charge in [-0.05, 0) is 48.5 Å². The minimum Gasteiger partial charge on any atom is -0.350 e. The predicted molar refractivity (Wildman–Crippen MR) is 126 cm³/mol. The zero-order valence-corrected chi connectivity index (χ0v) is 19.0. The molecule has 0 fully saturated rings. The highest BCUT2D eigenvalue weighted by Gasteiger charge is 2.39. The zero-order valence-electron chi connectivity index (χ0n) is 17.5. The van der Waals surface area contributed by atoms with Crippen molar-refractivity contribution in [3.63, 3.8) is 0 Å². The van der Waals surface area contributed by atoms with Crippen LogP contribution in [0.5, 0.6) is 0 Å². The van der Waals surface area contributed by atoms with Crippen molar-refractivity contribution in [3.05, 3.63) is 99.7 Å². The molecule has 3 aromatic carbocycles. The van der Waals surface area contributed by atoms with Crippen molar-refractivity contribution in [1.82, 2.24) is 0 Å². The van der Waals surface area contributed by atoms with E-state index in [1.54, 1.807) is 12.1 Å². The average molecular weight is 520 g/mol. The Hall–Kier alpha value is -3.82. The molecular formula is C24H14Cl2F3N3O3. The van der Waals surface area contributed by atoms with Crippen LogP contribution >= 0.6 is 23.2 Å². The molecule has 35 heavy (non-hydrogen) atoms. The van der Waals surface area contributed by atoms with Gasteiger partial charge in [0.25, 0.3) is 17.7 Å². The quantitative estimate of drug-likeness (QED) is 0.402. The van der Waals surface area contributed by atoms with Crippen molar-refractivity contribution in [3.8, 4) is 0 Å². The van der Waals surface area contributed by atoms with Crippen LogP contribution < -0.4 is 15.5 Å². The number of hydrogen-bond donors (Lipinski definition) is 2. The fraction of sp³-hybridized carbons (Fsp3) is 0.0417. The van der Waals surface area contributed by atoms with E-state index in [0.717, 1.165) is 17.0 Å². The molecule has 0 bridgehead atoms. The number of alkyl halides is 3. The van der Waals surface area contributed by atoms with Gasteiger partial charge < -0.3 is 10.6 Å². The Bertz CT molecular complexity index is 1390. The summed E-state index contributed by atoms with van der Waals surface area (Å²) in [6.07, 6.45) is -4.55. The highest BCUT2D eigenvalue weighted by molar-refractivity contribution is 6.53. The van der Waals surface area contributed by atoms with Gasteiger partial charge in [0.05, 0.1) is 16.3 Å². The summed E-state index contributed by atoms with van der Waals surface area (Å²) >= 11 is 12.2. The van der Waals surface area contributed by atoms with Crippen LogP contribution in [0.15, 0.2) is 83.5 Å². The summed E-state index contributed by atoms with van der Waals surface area (Å²) < 4.78 is 38.8. The number of halogens is 5. The van der Waals surface area contributed by atoms with Crippen molar-refractivity contribution >= 4 is 58.0 Å². The Morgan fingerprint density at radius 3 is 2.23 bits per heavy atom. The van der Waals surface area contributed by atoms with Gasteiger partial charge in [-0.15, -0.1) is 0 Å². The number of carbonyl (C=O) groups excluding carboxylic acids is 3. The van der Waals surface area contributed by atoms with Gasteiger partial charge in [0.2, 0.25) is 0 Å². The Balaban J connectivity index is 1.54. The van der Waals surface area contributed by atoms with E-state index in [-0.39, 0.29) is 38.4 Å². The number of para-hydroxylation sites is 1. The molecule has 0 saturated carbocycles. The number of rotatable bonds is 5. The number of imide groups is 1. The van der Waals surface area contributed by atoms with Crippen molar-refractivity contribution in [2.45, 2.75) is 6.18 Å². The van der Waals surface area contributed by atoms with E-state index in [1.807, 2.05) is 0 Å². The first-order valence-corrected chi connectivity index (χ1v) is 10.7. The molecule has 178 valence electrons. The fourth-order valence-electron chi connectivity index (χ4n) is 3.32. The minimum absolute atomic E-state index is 0.0408. The van der Waals surface area contributed by atoms with Crippen LogP contribution in [-0.4, -0.2) is 17.7 Å². The first-order chi connectivity index (χ1) is 16.6. The van der Waals surface area contributed by atoms with Crippen LogP contribution in [0.4, 0.5) is 30.2 Å². The maximum absolute atomic E-state index is 12.9. The van der Waals surface area contributed by atoms with Crippen molar-refractivity contribution in [1.29, 1.82) is 0 Å². The van der Waals surface area contributed by atoms with Gasteiger partial charge in [-0.1, -0.05) is 47.5 Å². The number of benzene rings is 3. The molecule has 4 rings (SSSR count). The first kappa shape index (κ1) is 24.3. The summed E-state index contributed by atoms with van der Waals surface area (Å²) in [6.45, 7) is 0. The molecule has 0 atom stereocenters. The second-order valence-electron chi connectivity index (χ2n) is 7.32. The predicted octanol–water partition coefficient (Wildman–Crippen LogP) is 6.05. The molecule has 3 amide bonds. The molecule has 0 unspecified atom stereocenters. The van der Waals surface area contributed by atoms with Gasteiger partial charge in [-0.25, -0.2) is 4.90 Å². The Kier molecular flexibility index (Phi) is 6.56. The summed E-state index contributed by atoms with van der Waals surface area (Å²) in [6, 6.07) is 16.3. The lowest BCUT2D eigenvalue weighted by Crippen LogP contribution is -2.32. The highest BCUT2D eigenvalue weighted by atomic mass is 35.5. The van der Waals surface area contributed by atoms with E-state index in [0.29, 0.717) is 0 Å². The number of hydrogen-bond acceptors (Lipinski definition) is 4. The molecule has 3 aromatic rings. The Morgan fingerprint density at radius 1 is 0.829 bits per heavy atom. The fourth-order valence-corrected chi connectivity index (χ4v) is 3.76. The molecule has 11 heteroatoms. The van der Waals surface area contributed by atoms with Crippen molar-refractivity contribution in [2.75, 3.05) is 15.5 Å². The maximum atomic E-state index is 12.9. The van der Waals surface area contributed by atoms with Crippen LogP contribution in [0.3, 0.4) is 0 Å². The summed E-state index contributed by atoms with van der Waals surface area (Å²) in [7, 11) is 0. The summed E-state index contributed by atoms with van der Waals surface area (Å²) in [5.41, 5.74) is -0.665. The second kappa shape index (κ2) is 9.44. The van der Waals surface area contributed by atoms with Gasteiger partial charge in [-0.3, -0.25) is 14.4 Å². The number of nitrogens with one attached hydrogen (secondary N) is 2. The molecule has 6 nitrogen and oxygen atoms in total. The van der Waals surface area contributed by atoms with Crippen LogP contribution in [-0.2, 0) is 15.8 Å². The highest BCUT2D eigenvalue weighted by Crippen LogP contribution is 2.34. The van der Waals surface area contributed by atoms with E-state index in [2.05, 4.69) is 10.6 Å². The normalized spacial score (nSPS) is 13.9. The lowest BCUT2D eigenvalue weighted by Gasteiger charge is -2.16.